The fourth-order valence-corrected chi connectivity index (χ4v) is 7.21. The molecule has 0 unspecified atom stereocenters. The van der Waals surface area contributed by atoms with Crippen molar-refractivity contribution in [2.75, 3.05) is 0 Å². The molecule has 5 nitrogen and oxygen atoms in total. The SMILES string of the molecule is c1ccc(-c2cccc(-n3c4ccc(-c5ccncc5)cc4c4ccc(-c5nc6cc(-c7ccncc7)ccc6s5)cc43)c2)nc1. The van der Waals surface area contributed by atoms with E-state index in [1.165, 1.54) is 15.5 Å². The number of hydrogen-bond donors (Lipinski definition) is 0. The molecule has 46 heavy (non-hydrogen) atoms. The maximum atomic E-state index is 5.12. The van der Waals surface area contributed by atoms with Crippen LogP contribution >= 0.6 is 11.3 Å². The minimum Gasteiger partial charge on any atom is -0.309 e. The number of benzene rings is 4. The Balaban J connectivity index is 1.24. The molecule has 0 N–H and O–H groups in total. The zero-order valence-corrected chi connectivity index (χ0v) is 25.4. The van der Waals surface area contributed by atoms with Crippen LogP contribution in [0.5, 0.6) is 0 Å². The molecule has 6 heteroatoms. The molecule has 216 valence electrons. The molecule has 0 saturated heterocycles. The molecule has 4 aromatic carbocycles. The van der Waals surface area contributed by atoms with Crippen LogP contribution in [0.4, 0.5) is 0 Å². The van der Waals surface area contributed by atoms with Crippen LogP contribution in [0.25, 0.3) is 81.8 Å². The zero-order valence-electron chi connectivity index (χ0n) is 24.6. The molecule has 9 aromatic rings. The van der Waals surface area contributed by atoms with E-state index in [4.69, 9.17) is 4.98 Å². The van der Waals surface area contributed by atoms with Crippen LogP contribution in [0, 0.1) is 0 Å². The lowest BCUT2D eigenvalue weighted by Gasteiger charge is -2.11. The molecule has 0 saturated carbocycles. The van der Waals surface area contributed by atoms with Crippen LogP contribution in [0.2, 0.25) is 0 Å². The third kappa shape index (κ3) is 4.55. The molecule has 0 radical (unpaired) electrons. The maximum absolute atomic E-state index is 5.12. The highest BCUT2D eigenvalue weighted by atomic mass is 32.1. The van der Waals surface area contributed by atoms with E-state index in [1.807, 2.05) is 55.2 Å². The normalized spacial score (nSPS) is 11.5. The molecule has 0 fully saturated rings. The number of fused-ring (bicyclic) bond motifs is 4. The molecule has 0 aliphatic carbocycles. The zero-order chi connectivity index (χ0) is 30.5. The largest absolute Gasteiger partial charge is 0.309 e. The molecular weight excluding hydrogens is 583 g/mol. The van der Waals surface area contributed by atoms with Crippen molar-refractivity contribution in [1.29, 1.82) is 0 Å². The van der Waals surface area contributed by atoms with E-state index in [2.05, 4.69) is 117 Å². The van der Waals surface area contributed by atoms with Gasteiger partial charge in [-0.3, -0.25) is 15.0 Å². The van der Waals surface area contributed by atoms with Crippen molar-refractivity contribution in [2.24, 2.45) is 0 Å². The van der Waals surface area contributed by atoms with Crippen molar-refractivity contribution in [3.8, 4) is 49.8 Å². The molecule has 0 bridgehead atoms. The molecule has 0 spiro atoms. The summed E-state index contributed by atoms with van der Waals surface area (Å²) in [4.78, 5) is 18.1. The van der Waals surface area contributed by atoms with Gasteiger partial charge in [0.2, 0.25) is 0 Å². The third-order valence-corrected chi connectivity index (χ3v) is 9.58. The van der Waals surface area contributed by atoms with Gasteiger partial charge in [-0.15, -0.1) is 11.3 Å². The molecular formula is C40H25N5S. The highest BCUT2D eigenvalue weighted by Crippen LogP contribution is 2.39. The average Bonchev–Trinajstić information content (AvgIpc) is 3.71. The number of rotatable bonds is 5. The summed E-state index contributed by atoms with van der Waals surface area (Å²) in [5.41, 5.74) is 12.1. The number of thiazole rings is 1. The first kappa shape index (κ1) is 26.4. The predicted octanol–water partition coefficient (Wildman–Crippen LogP) is 10.2. The van der Waals surface area contributed by atoms with Crippen molar-refractivity contribution in [3.05, 3.63) is 152 Å². The summed E-state index contributed by atoms with van der Waals surface area (Å²) in [5.74, 6) is 0. The van der Waals surface area contributed by atoms with Crippen molar-refractivity contribution in [1.82, 2.24) is 24.5 Å². The minimum atomic E-state index is 0.950. The van der Waals surface area contributed by atoms with Crippen LogP contribution in [0.3, 0.4) is 0 Å². The first-order valence-electron chi connectivity index (χ1n) is 15.1. The molecule has 0 atom stereocenters. The molecule has 5 heterocycles. The lowest BCUT2D eigenvalue weighted by Crippen LogP contribution is -1.95. The van der Waals surface area contributed by atoms with Crippen molar-refractivity contribution < 1.29 is 0 Å². The van der Waals surface area contributed by atoms with Crippen LogP contribution in [0.1, 0.15) is 0 Å². The highest BCUT2D eigenvalue weighted by molar-refractivity contribution is 7.21. The van der Waals surface area contributed by atoms with Crippen LogP contribution in [0.15, 0.2) is 152 Å². The van der Waals surface area contributed by atoms with Gasteiger partial charge in [0.25, 0.3) is 0 Å². The van der Waals surface area contributed by atoms with Crippen molar-refractivity contribution in [3.63, 3.8) is 0 Å². The Bertz CT molecular complexity index is 2520. The Hall–Kier alpha value is -5.98. The number of nitrogens with zero attached hydrogens (tertiary/aromatic N) is 5. The van der Waals surface area contributed by atoms with Crippen LogP contribution < -0.4 is 0 Å². The van der Waals surface area contributed by atoms with E-state index in [1.54, 1.807) is 11.3 Å². The lowest BCUT2D eigenvalue weighted by molar-refractivity contribution is 1.18. The van der Waals surface area contributed by atoms with Gasteiger partial charge >= 0.3 is 0 Å². The van der Waals surface area contributed by atoms with Gasteiger partial charge in [0.05, 0.1) is 26.9 Å². The quantitative estimate of drug-likeness (QED) is 0.195. The second kappa shape index (κ2) is 10.9. The summed E-state index contributed by atoms with van der Waals surface area (Å²) in [5, 5.41) is 3.39. The summed E-state index contributed by atoms with van der Waals surface area (Å²) in [6.45, 7) is 0. The van der Waals surface area contributed by atoms with E-state index in [-0.39, 0.29) is 0 Å². The molecule has 0 aliphatic rings. The lowest BCUT2D eigenvalue weighted by atomic mass is 10.0. The third-order valence-electron chi connectivity index (χ3n) is 8.49. The first-order chi connectivity index (χ1) is 22.8. The molecule has 0 amide bonds. The van der Waals surface area contributed by atoms with Crippen LogP contribution in [-0.2, 0) is 0 Å². The van der Waals surface area contributed by atoms with E-state index in [0.717, 1.165) is 66.3 Å². The Morgan fingerprint density at radius 3 is 2.02 bits per heavy atom. The average molecular weight is 608 g/mol. The second-order valence-electron chi connectivity index (χ2n) is 11.2. The van der Waals surface area contributed by atoms with Gasteiger partial charge in [-0.1, -0.05) is 42.5 Å². The van der Waals surface area contributed by atoms with Crippen molar-refractivity contribution >= 4 is 43.4 Å². The van der Waals surface area contributed by atoms with Crippen LogP contribution in [-0.4, -0.2) is 24.5 Å². The molecule has 9 rings (SSSR count). The smallest absolute Gasteiger partial charge is 0.124 e. The second-order valence-corrected chi connectivity index (χ2v) is 12.3. The van der Waals surface area contributed by atoms with E-state index < -0.39 is 0 Å². The minimum absolute atomic E-state index is 0.950. The Kier molecular flexibility index (Phi) is 6.25. The summed E-state index contributed by atoms with van der Waals surface area (Å²) in [6.07, 6.45) is 9.18. The maximum Gasteiger partial charge on any atom is 0.124 e. The topological polar surface area (TPSA) is 56.5 Å². The Labute approximate surface area is 269 Å². The Morgan fingerprint density at radius 2 is 1.24 bits per heavy atom. The molecule has 0 aliphatic heterocycles. The van der Waals surface area contributed by atoms with Gasteiger partial charge in [-0.25, -0.2) is 4.98 Å². The summed E-state index contributed by atoms with van der Waals surface area (Å²) in [6, 6.07) is 42.8. The van der Waals surface area contributed by atoms with Gasteiger partial charge in [0, 0.05) is 58.6 Å². The summed E-state index contributed by atoms with van der Waals surface area (Å²) in [7, 11) is 0. The number of pyridine rings is 3. The van der Waals surface area contributed by atoms with Gasteiger partial charge in [-0.2, -0.15) is 0 Å². The van der Waals surface area contributed by atoms with Gasteiger partial charge in [-0.05, 0) is 101 Å². The van der Waals surface area contributed by atoms with Crippen molar-refractivity contribution in [2.45, 2.75) is 0 Å². The Morgan fingerprint density at radius 1 is 0.478 bits per heavy atom. The fraction of sp³-hybridized carbons (Fsp3) is 0. The van der Waals surface area contributed by atoms with Gasteiger partial charge in [0.1, 0.15) is 5.01 Å². The standard InChI is InChI=1S/C40H25N5S/c1-2-17-43-35(6-1)30-4-3-5-32(22-30)45-37-11-8-28(26-13-18-41-19-14-26)23-34(37)33-10-7-31(25-38(33)45)40-44-36-24-29(9-12-39(36)46-40)27-15-20-42-21-16-27/h1-25H. The fourth-order valence-electron chi connectivity index (χ4n) is 6.27. The summed E-state index contributed by atoms with van der Waals surface area (Å²) >= 11 is 1.72. The number of hydrogen-bond acceptors (Lipinski definition) is 5. The summed E-state index contributed by atoms with van der Waals surface area (Å²) < 4.78 is 3.53. The molecule has 5 aromatic heterocycles. The highest BCUT2D eigenvalue weighted by Gasteiger charge is 2.17. The monoisotopic (exact) mass is 607 g/mol. The van der Waals surface area contributed by atoms with Gasteiger partial charge in [0.15, 0.2) is 0 Å². The number of aromatic nitrogens is 5. The first-order valence-corrected chi connectivity index (χ1v) is 15.9. The van der Waals surface area contributed by atoms with E-state index >= 15 is 0 Å². The van der Waals surface area contributed by atoms with E-state index in [9.17, 15) is 0 Å². The predicted molar refractivity (Wildman–Crippen MR) is 189 cm³/mol. The van der Waals surface area contributed by atoms with E-state index in [0.29, 0.717) is 0 Å². The van der Waals surface area contributed by atoms with Gasteiger partial charge < -0.3 is 4.57 Å².